The smallest absolute Gasteiger partial charge is 0.205 e. The number of aryl methyl sites for hydroxylation is 1. The molecule has 0 bridgehead atoms. The van der Waals surface area contributed by atoms with Crippen molar-refractivity contribution in [3.8, 4) is 6.07 Å². The van der Waals surface area contributed by atoms with Gasteiger partial charge in [-0.3, -0.25) is 0 Å². The van der Waals surface area contributed by atoms with Gasteiger partial charge in [0.15, 0.2) is 11.5 Å². The zero-order valence-corrected chi connectivity index (χ0v) is 6.89. The lowest BCUT2D eigenvalue weighted by atomic mass is 10.4. The first kappa shape index (κ1) is 7.49. The lowest BCUT2D eigenvalue weighted by molar-refractivity contribution is 0.879. The molecule has 2 aromatic rings. The van der Waals surface area contributed by atoms with Gasteiger partial charge in [-0.1, -0.05) is 0 Å². The summed E-state index contributed by atoms with van der Waals surface area (Å²) in [5.74, 6) is 0.223. The molecule has 0 spiro atoms. The van der Waals surface area contributed by atoms with Crippen LogP contribution >= 0.6 is 0 Å². The zero-order chi connectivity index (χ0) is 9.42. The molecule has 0 unspecified atom stereocenters. The van der Waals surface area contributed by atoms with Gasteiger partial charge >= 0.3 is 0 Å². The molecular weight excluding hydrogens is 168 g/mol. The minimum atomic E-state index is 0.0931. The molecule has 0 fully saturated rings. The summed E-state index contributed by atoms with van der Waals surface area (Å²) in [6.07, 6.45) is 0. The van der Waals surface area contributed by atoms with Crippen molar-refractivity contribution in [2.45, 2.75) is 6.92 Å². The Kier molecular flexibility index (Phi) is 1.39. The van der Waals surface area contributed by atoms with Crippen molar-refractivity contribution < 1.29 is 0 Å². The number of nitriles is 1. The largest absolute Gasteiger partial charge is 0.381 e. The van der Waals surface area contributed by atoms with Crippen LogP contribution in [0.25, 0.3) is 5.65 Å². The highest BCUT2D eigenvalue weighted by atomic mass is 15.3. The second-order valence-electron chi connectivity index (χ2n) is 2.60. The molecule has 2 rings (SSSR count). The number of hydrogen-bond donors (Lipinski definition) is 1. The minimum absolute atomic E-state index is 0.0931. The number of nitrogens with two attached hydrogens (primary N) is 1. The molecule has 0 aliphatic carbocycles. The lowest BCUT2D eigenvalue weighted by Gasteiger charge is -1.97. The molecule has 64 valence electrons. The van der Waals surface area contributed by atoms with Crippen LogP contribution in [0.5, 0.6) is 0 Å². The molecule has 0 radical (unpaired) electrons. The summed E-state index contributed by atoms with van der Waals surface area (Å²) in [6, 6.07) is 3.58. The van der Waals surface area contributed by atoms with Crippen molar-refractivity contribution in [3.63, 3.8) is 0 Å². The Balaban J connectivity index is 2.87. The van der Waals surface area contributed by atoms with E-state index in [1.807, 2.05) is 13.0 Å². The maximum absolute atomic E-state index is 8.61. The first-order valence-corrected chi connectivity index (χ1v) is 3.61. The average molecular weight is 174 g/mol. The fraction of sp³-hybridized carbons (Fsp3) is 0.143. The number of nitrogens with zero attached hydrogens (tertiary/aromatic N) is 5. The van der Waals surface area contributed by atoms with Gasteiger partial charge in [0.1, 0.15) is 6.07 Å². The monoisotopic (exact) mass is 174 g/mol. The van der Waals surface area contributed by atoms with E-state index in [9.17, 15) is 0 Å². The minimum Gasteiger partial charge on any atom is -0.381 e. The quantitative estimate of drug-likeness (QED) is 0.601. The van der Waals surface area contributed by atoms with Gasteiger partial charge in [-0.05, 0) is 6.92 Å². The molecule has 2 aromatic heterocycles. The van der Waals surface area contributed by atoms with Gasteiger partial charge in [0.05, 0.1) is 5.69 Å². The van der Waals surface area contributed by atoms with Gasteiger partial charge < -0.3 is 5.73 Å². The standard InChI is InChI=1S/C7H6N6/c1-4-2-6-11-10-5(3-8)7(9)13(6)12-4/h2H,9H2,1H3. The van der Waals surface area contributed by atoms with E-state index in [4.69, 9.17) is 11.0 Å². The Hall–Kier alpha value is -2.16. The molecule has 0 saturated carbocycles. The molecule has 6 nitrogen and oxygen atoms in total. The Morgan fingerprint density at radius 3 is 3.00 bits per heavy atom. The highest BCUT2D eigenvalue weighted by molar-refractivity contribution is 5.51. The fourth-order valence-electron chi connectivity index (χ4n) is 1.07. The fourth-order valence-corrected chi connectivity index (χ4v) is 1.07. The van der Waals surface area contributed by atoms with Crippen LogP contribution in [0.15, 0.2) is 6.07 Å². The Morgan fingerprint density at radius 1 is 1.54 bits per heavy atom. The topological polar surface area (TPSA) is 92.9 Å². The molecule has 0 saturated heterocycles. The predicted molar refractivity (Wildman–Crippen MR) is 44.6 cm³/mol. The van der Waals surface area contributed by atoms with Crippen LogP contribution in [-0.2, 0) is 0 Å². The van der Waals surface area contributed by atoms with Crippen molar-refractivity contribution >= 4 is 11.5 Å². The normalized spacial score (nSPS) is 10.2. The number of anilines is 1. The molecule has 2 heterocycles. The van der Waals surface area contributed by atoms with Crippen LogP contribution in [0.2, 0.25) is 0 Å². The molecule has 2 N–H and O–H groups in total. The second-order valence-corrected chi connectivity index (χ2v) is 2.60. The van der Waals surface area contributed by atoms with Gasteiger partial charge in [-0.2, -0.15) is 14.9 Å². The Morgan fingerprint density at radius 2 is 2.31 bits per heavy atom. The van der Waals surface area contributed by atoms with Gasteiger partial charge in [0.2, 0.25) is 5.69 Å². The van der Waals surface area contributed by atoms with Crippen LogP contribution in [0.1, 0.15) is 11.4 Å². The van der Waals surface area contributed by atoms with E-state index in [-0.39, 0.29) is 11.5 Å². The molecule has 0 aliphatic rings. The molecule has 0 amide bonds. The molecule has 0 aliphatic heterocycles. The summed E-state index contributed by atoms with van der Waals surface area (Å²) in [6.45, 7) is 1.82. The Bertz CT molecular complexity index is 505. The number of fused-ring (bicyclic) bond motifs is 1. The summed E-state index contributed by atoms with van der Waals surface area (Å²) in [5.41, 5.74) is 7.05. The van der Waals surface area contributed by atoms with E-state index in [0.717, 1.165) is 5.69 Å². The van der Waals surface area contributed by atoms with Crippen LogP contribution in [-0.4, -0.2) is 19.8 Å². The number of nitrogen functional groups attached to an aromatic ring is 1. The van der Waals surface area contributed by atoms with Gasteiger partial charge in [-0.15, -0.1) is 10.2 Å². The van der Waals surface area contributed by atoms with Crippen LogP contribution in [0.4, 0.5) is 5.82 Å². The van der Waals surface area contributed by atoms with Gasteiger partial charge in [0.25, 0.3) is 0 Å². The lowest BCUT2D eigenvalue weighted by Crippen LogP contribution is -2.05. The number of rotatable bonds is 0. The maximum Gasteiger partial charge on any atom is 0.205 e. The van der Waals surface area contributed by atoms with Gasteiger partial charge in [-0.25, -0.2) is 0 Å². The van der Waals surface area contributed by atoms with E-state index in [1.54, 1.807) is 6.07 Å². The van der Waals surface area contributed by atoms with E-state index < -0.39 is 0 Å². The van der Waals surface area contributed by atoms with Crippen molar-refractivity contribution in [1.82, 2.24) is 19.8 Å². The third kappa shape index (κ3) is 0.980. The molecule has 6 heteroatoms. The van der Waals surface area contributed by atoms with E-state index in [1.165, 1.54) is 4.52 Å². The van der Waals surface area contributed by atoms with Crippen molar-refractivity contribution in [2.24, 2.45) is 0 Å². The van der Waals surface area contributed by atoms with Crippen LogP contribution in [0.3, 0.4) is 0 Å². The highest BCUT2D eigenvalue weighted by Gasteiger charge is 2.07. The molecular formula is C7H6N6. The highest BCUT2D eigenvalue weighted by Crippen LogP contribution is 2.09. The summed E-state index contributed by atoms with van der Waals surface area (Å²) in [5, 5.41) is 20.1. The first-order valence-electron chi connectivity index (χ1n) is 3.61. The van der Waals surface area contributed by atoms with Crippen LogP contribution in [0, 0.1) is 18.3 Å². The van der Waals surface area contributed by atoms with Crippen molar-refractivity contribution in [2.75, 3.05) is 5.73 Å². The number of hydrogen-bond acceptors (Lipinski definition) is 5. The summed E-state index contributed by atoms with van der Waals surface area (Å²) < 4.78 is 1.40. The molecule has 13 heavy (non-hydrogen) atoms. The third-order valence-corrected chi connectivity index (χ3v) is 1.64. The summed E-state index contributed by atoms with van der Waals surface area (Å²) in [7, 11) is 0. The van der Waals surface area contributed by atoms with E-state index in [2.05, 4.69) is 15.3 Å². The summed E-state index contributed by atoms with van der Waals surface area (Å²) in [4.78, 5) is 0. The van der Waals surface area contributed by atoms with E-state index in [0.29, 0.717) is 5.65 Å². The van der Waals surface area contributed by atoms with E-state index >= 15 is 0 Å². The maximum atomic E-state index is 8.61. The predicted octanol–water partition coefficient (Wildman–Crippen LogP) is -0.113. The summed E-state index contributed by atoms with van der Waals surface area (Å²) >= 11 is 0. The zero-order valence-electron chi connectivity index (χ0n) is 6.89. The first-order chi connectivity index (χ1) is 6.22. The van der Waals surface area contributed by atoms with Crippen molar-refractivity contribution in [1.29, 1.82) is 5.26 Å². The SMILES string of the molecule is Cc1cc2nnc(C#N)c(N)n2n1. The van der Waals surface area contributed by atoms with Gasteiger partial charge in [0, 0.05) is 6.07 Å². The van der Waals surface area contributed by atoms with Crippen molar-refractivity contribution in [3.05, 3.63) is 17.5 Å². The van der Waals surface area contributed by atoms with Crippen LogP contribution < -0.4 is 5.73 Å². The second kappa shape index (κ2) is 2.42. The average Bonchev–Trinajstić information content (AvgIpc) is 2.47. The Labute approximate surface area is 73.6 Å². The molecule has 0 atom stereocenters. The molecule has 0 aromatic carbocycles. The third-order valence-electron chi connectivity index (χ3n) is 1.64. The number of aromatic nitrogens is 4.